The Morgan fingerprint density at radius 3 is 1.88 bits per heavy atom. The van der Waals surface area contributed by atoms with Gasteiger partial charge >= 0.3 is 11.9 Å². The zero-order valence-electron chi connectivity index (χ0n) is 16.1. The number of ether oxygens (including phenoxy) is 2. The predicted molar refractivity (Wildman–Crippen MR) is 100 cm³/mol. The Morgan fingerprint density at radius 1 is 1.00 bits per heavy atom. The molecule has 0 radical (unpaired) electrons. The number of hydrogen-bond acceptors (Lipinski definition) is 5. The fraction of sp³-hybridized carbons (Fsp3) is 0.500. The van der Waals surface area contributed by atoms with Gasteiger partial charge in [-0.15, -0.1) is 0 Å². The van der Waals surface area contributed by atoms with Crippen LogP contribution in [-0.4, -0.2) is 36.2 Å². The van der Waals surface area contributed by atoms with Crippen LogP contribution >= 0.6 is 0 Å². The first kappa shape index (κ1) is 20.7. The van der Waals surface area contributed by atoms with E-state index in [1.807, 2.05) is 24.3 Å². The maximum atomic E-state index is 12.2. The molecular formula is C20H29NO4. The summed E-state index contributed by atoms with van der Waals surface area (Å²) in [6.45, 7) is 14.5. The third-order valence-electron chi connectivity index (χ3n) is 2.95. The molecule has 0 saturated heterocycles. The van der Waals surface area contributed by atoms with Crippen molar-refractivity contribution >= 4 is 23.7 Å². The van der Waals surface area contributed by atoms with Crippen molar-refractivity contribution in [1.29, 1.82) is 0 Å². The van der Waals surface area contributed by atoms with E-state index in [2.05, 4.69) is 6.58 Å². The Hall–Kier alpha value is -2.30. The Kier molecular flexibility index (Phi) is 6.79. The van der Waals surface area contributed by atoms with Crippen LogP contribution in [0, 0.1) is 0 Å². The van der Waals surface area contributed by atoms with Crippen molar-refractivity contribution in [1.82, 2.24) is 0 Å². The third-order valence-corrected chi connectivity index (χ3v) is 2.95. The monoisotopic (exact) mass is 347 g/mol. The van der Waals surface area contributed by atoms with E-state index in [-0.39, 0.29) is 13.1 Å². The zero-order valence-corrected chi connectivity index (χ0v) is 16.1. The highest BCUT2D eigenvalue weighted by Crippen LogP contribution is 2.19. The molecule has 0 atom stereocenters. The number of hydrogen-bond donors (Lipinski definition) is 0. The number of anilines is 1. The second-order valence-corrected chi connectivity index (χ2v) is 7.83. The Morgan fingerprint density at radius 2 is 1.48 bits per heavy atom. The minimum atomic E-state index is -0.586. The standard InChI is InChI=1S/C20H29NO4/c1-8-15-10-9-11-16(12-15)21(13-17(22)24-19(2,3)4)14-18(23)25-20(5,6)7/h8-12H,1,13-14H2,2-7H3. The van der Waals surface area contributed by atoms with Crippen LogP contribution in [0.5, 0.6) is 0 Å². The van der Waals surface area contributed by atoms with Gasteiger partial charge < -0.3 is 14.4 Å². The molecule has 0 spiro atoms. The van der Waals surface area contributed by atoms with Crippen LogP contribution in [-0.2, 0) is 19.1 Å². The van der Waals surface area contributed by atoms with Gasteiger partial charge in [0.1, 0.15) is 24.3 Å². The molecular weight excluding hydrogens is 318 g/mol. The van der Waals surface area contributed by atoms with E-state index in [1.165, 1.54) is 0 Å². The smallest absolute Gasteiger partial charge is 0.326 e. The second-order valence-electron chi connectivity index (χ2n) is 7.83. The summed E-state index contributed by atoms with van der Waals surface area (Å²) in [5, 5.41) is 0. The minimum absolute atomic E-state index is 0.0445. The first-order valence-electron chi connectivity index (χ1n) is 8.31. The van der Waals surface area contributed by atoms with Crippen LogP contribution in [0.25, 0.3) is 6.08 Å². The van der Waals surface area contributed by atoms with E-state index >= 15 is 0 Å². The SMILES string of the molecule is C=Cc1cccc(N(CC(=O)OC(C)(C)C)CC(=O)OC(C)(C)C)c1. The predicted octanol–water partition coefficient (Wildman–Crippen LogP) is 3.82. The lowest BCUT2D eigenvalue weighted by molar-refractivity contribution is -0.154. The third kappa shape index (κ3) is 8.38. The summed E-state index contributed by atoms with van der Waals surface area (Å²) in [6, 6.07) is 7.45. The molecule has 138 valence electrons. The average Bonchev–Trinajstić information content (AvgIpc) is 2.42. The number of carbonyl (C=O) groups is 2. The fourth-order valence-electron chi connectivity index (χ4n) is 2.15. The molecule has 0 aliphatic carbocycles. The average molecular weight is 347 g/mol. The maximum Gasteiger partial charge on any atom is 0.326 e. The van der Waals surface area contributed by atoms with Gasteiger partial charge in [-0.05, 0) is 59.2 Å². The van der Waals surface area contributed by atoms with Crippen LogP contribution < -0.4 is 4.90 Å². The lowest BCUT2D eigenvalue weighted by Gasteiger charge is -2.28. The van der Waals surface area contributed by atoms with Crippen LogP contribution in [0.3, 0.4) is 0 Å². The van der Waals surface area contributed by atoms with E-state index in [1.54, 1.807) is 52.5 Å². The van der Waals surface area contributed by atoms with Gasteiger partial charge in [0.25, 0.3) is 0 Å². The number of rotatable bonds is 6. The van der Waals surface area contributed by atoms with Gasteiger partial charge in [-0.25, -0.2) is 0 Å². The number of esters is 2. The van der Waals surface area contributed by atoms with Gasteiger partial charge in [0.2, 0.25) is 0 Å². The van der Waals surface area contributed by atoms with E-state index in [0.29, 0.717) is 0 Å². The number of benzene rings is 1. The molecule has 5 nitrogen and oxygen atoms in total. The van der Waals surface area contributed by atoms with Crippen LogP contribution in [0.4, 0.5) is 5.69 Å². The summed E-state index contributed by atoms with van der Waals surface area (Å²) in [4.78, 5) is 26.1. The number of nitrogens with zero attached hydrogens (tertiary/aromatic N) is 1. The van der Waals surface area contributed by atoms with Crippen molar-refractivity contribution in [3.05, 3.63) is 36.4 Å². The van der Waals surface area contributed by atoms with Crippen molar-refractivity contribution in [2.24, 2.45) is 0 Å². The molecule has 0 bridgehead atoms. The van der Waals surface area contributed by atoms with Gasteiger partial charge in [0.15, 0.2) is 0 Å². The van der Waals surface area contributed by atoms with Gasteiger partial charge in [-0.1, -0.05) is 24.8 Å². The molecule has 0 aliphatic rings. The summed E-state index contributed by atoms with van der Waals surface area (Å²) in [5.41, 5.74) is 0.458. The minimum Gasteiger partial charge on any atom is -0.459 e. The molecule has 25 heavy (non-hydrogen) atoms. The molecule has 0 fully saturated rings. The largest absolute Gasteiger partial charge is 0.459 e. The molecule has 1 aromatic rings. The van der Waals surface area contributed by atoms with Crippen LogP contribution in [0.15, 0.2) is 30.8 Å². The summed E-state index contributed by atoms with van der Waals surface area (Å²) in [5.74, 6) is -0.805. The highest BCUT2D eigenvalue weighted by atomic mass is 16.6. The van der Waals surface area contributed by atoms with Gasteiger partial charge in [-0.3, -0.25) is 9.59 Å². The van der Waals surface area contributed by atoms with Crippen LogP contribution in [0.2, 0.25) is 0 Å². The summed E-state index contributed by atoms with van der Waals surface area (Å²) in [7, 11) is 0. The molecule has 0 heterocycles. The van der Waals surface area contributed by atoms with E-state index in [0.717, 1.165) is 11.3 Å². The number of carbonyl (C=O) groups excluding carboxylic acids is 2. The summed E-state index contributed by atoms with van der Waals surface area (Å²) >= 11 is 0. The normalized spacial score (nSPS) is 11.6. The molecule has 1 rings (SSSR count). The molecule has 0 amide bonds. The zero-order chi connectivity index (χ0) is 19.3. The summed E-state index contributed by atoms with van der Waals surface area (Å²) in [6.07, 6.45) is 1.71. The van der Waals surface area contributed by atoms with Gasteiger partial charge in [-0.2, -0.15) is 0 Å². The first-order chi connectivity index (χ1) is 11.4. The second kappa shape index (κ2) is 8.19. The van der Waals surface area contributed by atoms with Crippen LogP contribution in [0.1, 0.15) is 47.1 Å². The lowest BCUT2D eigenvalue weighted by Crippen LogP contribution is -2.40. The van der Waals surface area contributed by atoms with Crippen molar-refractivity contribution in [3.8, 4) is 0 Å². The summed E-state index contributed by atoms with van der Waals surface area (Å²) < 4.78 is 10.8. The molecule has 1 aromatic carbocycles. The Labute approximate surface area is 150 Å². The topological polar surface area (TPSA) is 55.8 Å². The van der Waals surface area contributed by atoms with Crippen molar-refractivity contribution in [3.63, 3.8) is 0 Å². The van der Waals surface area contributed by atoms with E-state index in [4.69, 9.17) is 9.47 Å². The van der Waals surface area contributed by atoms with Gasteiger partial charge in [0.05, 0.1) is 0 Å². The molecule has 0 aromatic heterocycles. The Bertz CT molecular complexity index is 593. The first-order valence-corrected chi connectivity index (χ1v) is 8.31. The lowest BCUT2D eigenvalue weighted by atomic mass is 10.1. The quantitative estimate of drug-likeness (QED) is 0.732. The maximum absolute atomic E-state index is 12.2. The van der Waals surface area contributed by atoms with E-state index in [9.17, 15) is 9.59 Å². The fourth-order valence-corrected chi connectivity index (χ4v) is 2.15. The highest BCUT2D eigenvalue weighted by Gasteiger charge is 2.23. The molecule has 0 aliphatic heterocycles. The highest BCUT2D eigenvalue weighted by molar-refractivity contribution is 5.82. The van der Waals surface area contributed by atoms with Crippen molar-refractivity contribution in [2.75, 3.05) is 18.0 Å². The molecule has 0 unspecified atom stereocenters. The molecule has 0 saturated carbocycles. The van der Waals surface area contributed by atoms with E-state index < -0.39 is 23.1 Å². The van der Waals surface area contributed by atoms with Crippen molar-refractivity contribution < 1.29 is 19.1 Å². The molecule has 0 N–H and O–H groups in total. The Balaban J connectivity index is 2.98. The van der Waals surface area contributed by atoms with Gasteiger partial charge in [0, 0.05) is 5.69 Å². The molecule has 5 heteroatoms. The van der Waals surface area contributed by atoms with Crippen molar-refractivity contribution in [2.45, 2.75) is 52.7 Å².